The molecule has 0 fully saturated rings. The van der Waals surface area contributed by atoms with Gasteiger partial charge in [-0.05, 0) is 32.6 Å². The van der Waals surface area contributed by atoms with Crippen LogP contribution in [0, 0.1) is 11.8 Å². The predicted octanol–water partition coefficient (Wildman–Crippen LogP) is 0.625. The molecule has 122 valence electrons. The first-order chi connectivity index (χ1) is 10.1. The number of hydrogen-bond acceptors (Lipinski definition) is 6. The van der Waals surface area contributed by atoms with Crippen molar-refractivity contribution < 1.29 is 27.3 Å². The molecule has 0 bridgehead atoms. The van der Waals surface area contributed by atoms with Crippen molar-refractivity contribution >= 4 is 15.7 Å². The zero-order chi connectivity index (χ0) is 17.0. The van der Waals surface area contributed by atoms with Gasteiger partial charge in [-0.3, -0.25) is 10.0 Å². The number of rotatable bonds is 5. The minimum absolute atomic E-state index is 0.105. The van der Waals surface area contributed by atoms with E-state index in [0.717, 1.165) is 6.26 Å². The zero-order valence-electron chi connectivity index (χ0n) is 12.4. The molecule has 0 aromatic carbocycles. The monoisotopic (exact) mass is 332 g/mol. The van der Waals surface area contributed by atoms with Crippen LogP contribution >= 0.6 is 0 Å². The Labute approximate surface area is 127 Å². The zero-order valence-corrected chi connectivity index (χ0v) is 13.2. The first kappa shape index (κ1) is 18.1. The number of aryl methyl sites for hydroxylation is 1. The molecule has 0 saturated heterocycles. The summed E-state index contributed by atoms with van der Waals surface area (Å²) in [7, 11) is -3.77. The van der Waals surface area contributed by atoms with E-state index in [-0.39, 0.29) is 18.6 Å². The van der Waals surface area contributed by atoms with Crippen LogP contribution in [0.25, 0.3) is 0 Å². The van der Waals surface area contributed by atoms with Crippen LogP contribution in [0.5, 0.6) is 0 Å². The van der Waals surface area contributed by atoms with Crippen molar-refractivity contribution in [3.05, 3.63) is 17.5 Å². The van der Waals surface area contributed by atoms with Crippen molar-refractivity contribution in [1.82, 2.24) is 10.6 Å². The average molecular weight is 332 g/mol. The minimum Gasteiger partial charge on any atom is -0.347 e. The van der Waals surface area contributed by atoms with Crippen molar-refractivity contribution in [1.29, 1.82) is 0 Å². The lowest BCUT2D eigenvalue weighted by atomic mass is 10.0. The van der Waals surface area contributed by atoms with E-state index < -0.39 is 26.7 Å². The molecule has 22 heavy (non-hydrogen) atoms. The number of hydroxylamine groups is 1. The molecular formula is C13H17FN2O5S. The summed E-state index contributed by atoms with van der Waals surface area (Å²) in [6, 6.07) is 1.44. The summed E-state index contributed by atoms with van der Waals surface area (Å²) >= 11 is 0. The number of amides is 1. The lowest BCUT2D eigenvalue weighted by Gasteiger charge is -2.24. The molecule has 1 aromatic rings. The van der Waals surface area contributed by atoms with E-state index in [4.69, 9.17) is 9.73 Å². The maximum Gasteiger partial charge on any atom is 0.264 e. The van der Waals surface area contributed by atoms with Gasteiger partial charge in [0.2, 0.25) is 5.76 Å². The highest BCUT2D eigenvalue weighted by Gasteiger charge is 2.43. The number of carbonyl (C=O) groups is 1. The Morgan fingerprint density at radius 3 is 2.77 bits per heavy atom. The number of hydrogen-bond donors (Lipinski definition) is 2. The molecule has 0 aliphatic rings. The van der Waals surface area contributed by atoms with Gasteiger partial charge in [-0.2, -0.15) is 0 Å². The molecular weight excluding hydrogens is 315 g/mol. The lowest BCUT2D eigenvalue weighted by molar-refractivity contribution is -0.131. The van der Waals surface area contributed by atoms with Crippen molar-refractivity contribution in [3.8, 4) is 11.8 Å². The molecule has 1 amide bonds. The second kappa shape index (κ2) is 6.89. The van der Waals surface area contributed by atoms with Crippen LogP contribution in [0.2, 0.25) is 0 Å². The van der Waals surface area contributed by atoms with Gasteiger partial charge in [0.25, 0.3) is 5.91 Å². The third-order valence-corrected chi connectivity index (χ3v) is 5.24. The van der Waals surface area contributed by atoms with Gasteiger partial charge in [-0.25, -0.2) is 18.3 Å². The molecule has 0 spiro atoms. The summed E-state index contributed by atoms with van der Waals surface area (Å²) < 4.78 is 39.2. The summed E-state index contributed by atoms with van der Waals surface area (Å²) in [6.45, 7) is 2.48. The second-order valence-electron chi connectivity index (χ2n) is 5.01. The Morgan fingerprint density at radius 2 is 2.27 bits per heavy atom. The van der Waals surface area contributed by atoms with E-state index in [0.29, 0.717) is 5.69 Å². The molecule has 0 saturated carbocycles. The third-order valence-electron chi connectivity index (χ3n) is 3.21. The number of alkyl halides is 1. The molecule has 0 aliphatic carbocycles. The quantitative estimate of drug-likeness (QED) is 0.465. The van der Waals surface area contributed by atoms with Crippen molar-refractivity contribution in [2.24, 2.45) is 0 Å². The molecule has 7 nitrogen and oxygen atoms in total. The summed E-state index contributed by atoms with van der Waals surface area (Å²) in [5.74, 6) is 3.81. The van der Waals surface area contributed by atoms with Gasteiger partial charge >= 0.3 is 0 Å². The van der Waals surface area contributed by atoms with E-state index >= 15 is 0 Å². The van der Waals surface area contributed by atoms with Gasteiger partial charge in [-0.1, -0.05) is 11.1 Å². The molecule has 1 aromatic heterocycles. The maximum absolute atomic E-state index is 12.6. The van der Waals surface area contributed by atoms with Crippen molar-refractivity contribution in [2.75, 3.05) is 6.26 Å². The maximum atomic E-state index is 12.6. The average Bonchev–Trinajstić information content (AvgIpc) is 2.88. The van der Waals surface area contributed by atoms with E-state index in [1.165, 1.54) is 25.4 Å². The molecule has 1 rings (SSSR count). The molecule has 9 heteroatoms. The molecule has 0 aliphatic heterocycles. The Bertz CT molecular complexity index is 702. The summed E-state index contributed by atoms with van der Waals surface area (Å²) in [5, 5.41) is 12.4. The summed E-state index contributed by atoms with van der Waals surface area (Å²) in [4.78, 5) is 11.6. The van der Waals surface area contributed by atoms with Gasteiger partial charge in [-0.15, -0.1) is 0 Å². The van der Waals surface area contributed by atoms with Crippen LogP contribution in [-0.4, -0.2) is 41.9 Å². The van der Waals surface area contributed by atoms with Crippen LogP contribution in [0.1, 0.15) is 31.7 Å². The van der Waals surface area contributed by atoms with E-state index in [1.54, 1.807) is 0 Å². The Balaban J connectivity index is 2.88. The smallest absolute Gasteiger partial charge is 0.264 e. The molecule has 0 radical (unpaired) electrons. The largest absolute Gasteiger partial charge is 0.347 e. The highest BCUT2D eigenvalue weighted by Crippen LogP contribution is 2.23. The SMILES string of the molecule is C[C@@H](F)C#Cc1cc(CC[C@](C)(C(=O)NO)S(C)(=O)=O)no1. The van der Waals surface area contributed by atoms with Crippen LogP contribution in [0.4, 0.5) is 4.39 Å². The van der Waals surface area contributed by atoms with Gasteiger partial charge in [0, 0.05) is 12.3 Å². The number of nitrogens with zero attached hydrogens (tertiary/aromatic N) is 1. The second-order valence-corrected chi connectivity index (χ2v) is 7.46. The van der Waals surface area contributed by atoms with Crippen LogP contribution in [-0.2, 0) is 21.1 Å². The number of aromatic nitrogens is 1. The Morgan fingerprint density at radius 1 is 1.64 bits per heavy atom. The highest BCUT2D eigenvalue weighted by atomic mass is 32.2. The minimum atomic E-state index is -3.77. The molecule has 2 atom stereocenters. The lowest BCUT2D eigenvalue weighted by Crippen LogP contribution is -2.49. The number of carbonyl (C=O) groups excluding carboxylic acids is 1. The highest BCUT2D eigenvalue weighted by molar-refractivity contribution is 7.92. The first-order valence-corrected chi connectivity index (χ1v) is 8.24. The number of halogens is 1. The van der Waals surface area contributed by atoms with E-state index in [1.807, 2.05) is 0 Å². The molecule has 1 heterocycles. The standard InChI is InChI=1S/C13H17FN2O5S/c1-9(14)4-5-11-8-10(16-21-11)6-7-13(2,12(17)15-18)22(3,19)20/h8-9,18H,6-7H2,1-3H3,(H,15,17)/t9-,13-/m1/s1. The fraction of sp³-hybridized carbons (Fsp3) is 0.538. The van der Waals surface area contributed by atoms with E-state index in [9.17, 15) is 17.6 Å². The Hall–Kier alpha value is -1.92. The van der Waals surface area contributed by atoms with Gasteiger partial charge in [0.1, 0.15) is 4.75 Å². The van der Waals surface area contributed by atoms with Crippen LogP contribution in [0.3, 0.4) is 0 Å². The number of nitrogens with one attached hydrogen (secondary N) is 1. The summed E-state index contributed by atoms with van der Waals surface area (Å²) in [5.41, 5.74) is 1.73. The van der Waals surface area contributed by atoms with Crippen LogP contribution < -0.4 is 5.48 Å². The first-order valence-electron chi connectivity index (χ1n) is 6.35. The van der Waals surface area contributed by atoms with E-state index in [2.05, 4.69) is 17.0 Å². The fourth-order valence-corrected chi connectivity index (χ4v) is 2.47. The normalized spacial score (nSPS) is 15.3. The fourth-order valence-electron chi connectivity index (χ4n) is 1.61. The topological polar surface area (TPSA) is 110 Å². The molecule has 0 unspecified atom stereocenters. The Kier molecular flexibility index (Phi) is 5.68. The predicted molar refractivity (Wildman–Crippen MR) is 75.5 cm³/mol. The van der Waals surface area contributed by atoms with Gasteiger partial charge in [0.05, 0.1) is 5.69 Å². The van der Waals surface area contributed by atoms with Crippen molar-refractivity contribution in [3.63, 3.8) is 0 Å². The van der Waals surface area contributed by atoms with Crippen molar-refractivity contribution in [2.45, 2.75) is 37.6 Å². The molecule has 2 N–H and O–H groups in total. The van der Waals surface area contributed by atoms with Gasteiger partial charge < -0.3 is 4.52 Å². The van der Waals surface area contributed by atoms with Gasteiger partial charge in [0.15, 0.2) is 16.0 Å². The summed E-state index contributed by atoms with van der Waals surface area (Å²) in [6.07, 6.45) is -0.412. The number of sulfone groups is 1. The van der Waals surface area contributed by atoms with Crippen LogP contribution in [0.15, 0.2) is 10.6 Å². The third kappa shape index (κ3) is 4.29.